The first-order valence-corrected chi connectivity index (χ1v) is 5.77. The van der Waals surface area contributed by atoms with Crippen molar-refractivity contribution in [2.45, 2.75) is 0 Å². The van der Waals surface area contributed by atoms with Gasteiger partial charge in [0.15, 0.2) is 0 Å². The van der Waals surface area contributed by atoms with Crippen molar-refractivity contribution in [1.82, 2.24) is 0 Å². The van der Waals surface area contributed by atoms with Crippen LogP contribution < -0.4 is 5.73 Å². The van der Waals surface area contributed by atoms with E-state index in [2.05, 4.69) is 31.9 Å². The largest absolute Gasteiger partial charge is 0.398 e. The van der Waals surface area contributed by atoms with Crippen molar-refractivity contribution in [3.05, 3.63) is 26.5 Å². The number of halogens is 2. The van der Waals surface area contributed by atoms with E-state index in [0.29, 0.717) is 0 Å². The molecule has 0 bridgehead atoms. The Hall–Kier alpha value is -0.0600. The number of thiophene rings is 1. The number of nitrogen functional groups attached to an aromatic ring is 1. The lowest BCUT2D eigenvalue weighted by atomic mass is 10.2. The number of anilines is 1. The van der Waals surface area contributed by atoms with Gasteiger partial charge in [-0.25, -0.2) is 0 Å². The maximum atomic E-state index is 5.77. The lowest BCUT2D eigenvalue weighted by molar-refractivity contribution is 1.70. The number of hydrogen-bond acceptors (Lipinski definition) is 2. The zero-order valence-corrected chi connectivity index (χ0v) is 9.96. The molecule has 12 heavy (non-hydrogen) atoms. The molecule has 0 aliphatic rings. The van der Waals surface area contributed by atoms with Gasteiger partial charge in [-0.15, -0.1) is 11.3 Å². The van der Waals surface area contributed by atoms with E-state index in [1.807, 2.05) is 17.5 Å². The molecule has 0 aliphatic heterocycles. The topological polar surface area (TPSA) is 26.0 Å². The van der Waals surface area contributed by atoms with Gasteiger partial charge in [0, 0.05) is 19.7 Å². The molecule has 1 aromatic carbocycles. The van der Waals surface area contributed by atoms with Gasteiger partial charge in [-0.2, -0.15) is 0 Å². The van der Waals surface area contributed by atoms with Gasteiger partial charge in [0.1, 0.15) is 0 Å². The fourth-order valence-electron chi connectivity index (χ4n) is 1.06. The molecule has 2 aromatic rings. The summed E-state index contributed by atoms with van der Waals surface area (Å²) in [5.41, 5.74) is 6.62. The molecule has 0 atom stereocenters. The zero-order chi connectivity index (χ0) is 8.72. The summed E-state index contributed by atoms with van der Waals surface area (Å²) >= 11 is 8.60. The fraction of sp³-hybridized carbons (Fsp3) is 0. The highest BCUT2D eigenvalue weighted by atomic mass is 79.9. The molecule has 1 nitrogen and oxygen atoms in total. The molecule has 1 aromatic heterocycles. The van der Waals surface area contributed by atoms with E-state index in [0.717, 1.165) is 20.0 Å². The smallest absolute Gasteiger partial charge is 0.0517 e. The van der Waals surface area contributed by atoms with Crippen LogP contribution in [0, 0.1) is 0 Å². The predicted molar refractivity (Wildman–Crippen MR) is 61.6 cm³/mol. The minimum atomic E-state index is 0.850. The third-order valence-electron chi connectivity index (χ3n) is 1.66. The van der Waals surface area contributed by atoms with Gasteiger partial charge < -0.3 is 5.73 Å². The van der Waals surface area contributed by atoms with Crippen LogP contribution in [0.15, 0.2) is 26.5 Å². The van der Waals surface area contributed by atoms with E-state index in [9.17, 15) is 0 Å². The average Bonchev–Trinajstić information content (AvgIpc) is 2.41. The lowest BCUT2D eigenvalue weighted by Gasteiger charge is -1.97. The Morgan fingerprint density at radius 2 is 2.00 bits per heavy atom. The van der Waals surface area contributed by atoms with Crippen molar-refractivity contribution in [3.8, 4) is 0 Å². The summed E-state index contributed by atoms with van der Waals surface area (Å²) in [6, 6.07) is 4.02. The number of rotatable bonds is 0. The first kappa shape index (κ1) is 8.53. The maximum Gasteiger partial charge on any atom is 0.0517 e. The van der Waals surface area contributed by atoms with E-state index in [1.165, 1.54) is 4.70 Å². The normalized spacial score (nSPS) is 10.8. The van der Waals surface area contributed by atoms with Crippen molar-refractivity contribution in [3.63, 3.8) is 0 Å². The molecule has 0 fully saturated rings. The van der Waals surface area contributed by atoms with E-state index in [4.69, 9.17) is 5.73 Å². The Morgan fingerprint density at radius 1 is 1.25 bits per heavy atom. The van der Waals surface area contributed by atoms with E-state index in [-0.39, 0.29) is 0 Å². The Labute approximate surface area is 90.8 Å². The van der Waals surface area contributed by atoms with Crippen LogP contribution in [0.1, 0.15) is 0 Å². The van der Waals surface area contributed by atoms with Gasteiger partial charge in [-0.3, -0.25) is 0 Å². The molecule has 0 saturated carbocycles. The fourth-order valence-corrected chi connectivity index (χ4v) is 3.05. The molecule has 62 valence electrons. The van der Waals surface area contributed by atoms with Crippen LogP contribution in [0.3, 0.4) is 0 Å². The Bertz CT molecular complexity index is 436. The predicted octanol–water partition coefficient (Wildman–Crippen LogP) is 4.01. The molecule has 0 unspecified atom stereocenters. The van der Waals surface area contributed by atoms with Crippen molar-refractivity contribution >= 4 is 59.0 Å². The highest BCUT2D eigenvalue weighted by Gasteiger charge is 2.06. The molecule has 0 spiro atoms. The third kappa shape index (κ3) is 1.18. The summed E-state index contributed by atoms with van der Waals surface area (Å²) in [6.07, 6.45) is 0. The lowest BCUT2D eigenvalue weighted by Crippen LogP contribution is -1.80. The molecular weight excluding hydrogens is 302 g/mol. The van der Waals surface area contributed by atoms with Gasteiger partial charge in [0.2, 0.25) is 0 Å². The Balaban J connectivity index is 2.93. The molecule has 2 N–H and O–H groups in total. The molecule has 0 aliphatic carbocycles. The highest BCUT2D eigenvalue weighted by Crippen LogP contribution is 2.37. The second-order valence-corrected chi connectivity index (χ2v) is 4.96. The molecular formula is C8H5Br2NS. The van der Waals surface area contributed by atoms with Crippen LogP contribution in [0.4, 0.5) is 5.69 Å². The van der Waals surface area contributed by atoms with Crippen LogP contribution >= 0.6 is 43.2 Å². The summed E-state index contributed by atoms with van der Waals surface area (Å²) in [7, 11) is 0. The zero-order valence-electron chi connectivity index (χ0n) is 5.97. The summed E-state index contributed by atoms with van der Waals surface area (Å²) in [4.78, 5) is 0. The van der Waals surface area contributed by atoms with Crippen molar-refractivity contribution < 1.29 is 0 Å². The summed E-state index contributed by atoms with van der Waals surface area (Å²) < 4.78 is 3.35. The van der Waals surface area contributed by atoms with Crippen LogP contribution in [0.25, 0.3) is 10.1 Å². The number of nitrogens with two attached hydrogens (primary N) is 1. The summed E-state index contributed by atoms with van der Waals surface area (Å²) in [5.74, 6) is 0. The van der Waals surface area contributed by atoms with E-state index < -0.39 is 0 Å². The van der Waals surface area contributed by atoms with E-state index in [1.54, 1.807) is 11.3 Å². The van der Waals surface area contributed by atoms with Gasteiger partial charge in [-0.05, 0) is 37.9 Å². The minimum absolute atomic E-state index is 0.850. The molecule has 0 amide bonds. The molecule has 2 rings (SSSR count). The van der Waals surface area contributed by atoms with Gasteiger partial charge in [0.25, 0.3) is 0 Å². The molecule has 0 radical (unpaired) electrons. The van der Waals surface area contributed by atoms with Crippen molar-refractivity contribution in [2.75, 3.05) is 5.73 Å². The Morgan fingerprint density at radius 3 is 2.75 bits per heavy atom. The molecule has 4 heteroatoms. The van der Waals surface area contributed by atoms with Crippen LogP contribution in [0.2, 0.25) is 0 Å². The Kier molecular flexibility index (Phi) is 2.14. The van der Waals surface area contributed by atoms with Crippen LogP contribution in [0.5, 0.6) is 0 Å². The second kappa shape index (κ2) is 3.01. The maximum absolute atomic E-state index is 5.77. The van der Waals surface area contributed by atoms with Gasteiger partial charge in [-0.1, -0.05) is 6.07 Å². The SMILES string of the molecule is Nc1csc2c(Br)c(Br)ccc12. The molecule has 0 saturated heterocycles. The average molecular weight is 307 g/mol. The van der Waals surface area contributed by atoms with Gasteiger partial charge in [0.05, 0.1) is 10.4 Å². The number of benzene rings is 1. The van der Waals surface area contributed by atoms with Crippen LogP contribution in [-0.2, 0) is 0 Å². The number of fused-ring (bicyclic) bond motifs is 1. The monoisotopic (exact) mass is 305 g/mol. The minimum Gasteiger partial charge on any atom is -0.398 e. The van der Waals surface area contributed by atoms with Crippen molar-refractivity contribution in [1.29, 1.82) is 0 Å². The van der Waals surface area contributed by atoms with E-state index >= 15 is 0 Å². The quantitative estimate of drug-likeness (QED) is 0.782. The molecule has 1 heterocycles. The first-order chi connectivity index (χ1) is 5.70. The standard InChI is InChI=1S/C8H5Br2NS/c9-5-2-1-4-6(11)3-12-8(4)7(5)10/h1-3H,11H2. The second-order valence-electron chi connectivity index (χ2n) is 2.43. The first-order valence-electron chi connectivity index (χ1n) is 3.31. The number of hydrogen-bond donors (Lipinski definition) is 1. The highest BCUT2D eigenvalue weighted by molar-refractivity contribution is 9.13. The summed E-state index contributed by atoms with van der Waals surface area (Å²) in [5, 5.41) is 3.08. The van der Waals surface area contributed by atoms with Crippen LogP contribution in [-0.4, -0.2) is 0 Å². The van der Waals surface area contributed by atoms with Crippen molar-refractivity contribution in [2.24, 2.45) is 0 Å². The van der Waals surface area contributed by atoms with Gasteiger partial charge >= 0.3 is 0 Å². The summed E-state index contributed by atoms with van der Waals surface area (Å²) in [6.45, 7) is 0. The third-order valence-corrected chi connectivity index (χ3v) is 4.98.